The summed E-state index contributed by atoms with van der Waals surface area (Å²) in [4.78, 5) is 27.1. The topological polar surface area (TPSA) is 37.4 Å². The van der Waals surface area contributed by atoms with Gasteiger partial charge in [0.05, 0.1) is 17.5 Å². The zero-order valence-electron chi connectivity index (χ0n) is 12.0. The Bertz CT molecular complexity index is 637. The third kappa shape index (κ3) is 1.44. The Labute approximate surface area is 124 Å². The first kappa shape index (κ1) is 12.0. The standard InChI is InChI=1S/C18H19NO2/c20-17-15-12-4-5-13(8-12)16(15)18(21)19(17)14-7-6-10-2-1-3-11(10)9-14/h6-7,9,12-13,15-16H,1-5,8H2/t12-,13-,15-,16+/m0/s1. The highest BCUT2D eigenvalue weighted by atomic mass is 16.2. The molecule has 1 aromatic rings. The van der Waals surface area contributed by atoms with Crippen molar-refractivity contribution in [2.45, 2.75) is 38.5 Å². The molecule has 3 fully saturated rings. The Balaban J connectivity index is 1.55. The summed E-state index contributed by atoms with van der Waals surface area (Å²) >= 11 is 0. The van der Waals surface area contributed by atoms with Crippen molar-refractivity contribution in [3.8, 4) is 0 Å². The van der Waals surface area contributed by atoms with Gasteiger partial charge in [-0.05, 0) is 73.6 Å². The van der Waals surface area contributed by atoms with Crippen LogP contribution < -0.4 is 4.90 Å². The van der Waals surface area contributed by atoms with E-state index in [4.69, 9.17) is 0 Å². The number of fused-ring (bicyclic) bond motifs is 6. The van der Waals surface area contributed by atoms with Crippen molar-refractivity contribution in [2.24, 2.45) is 23.7 Å². The first-order valence-corrected chi connectivity index (χ1v) is 8.23. The molecule has 3 nitrogen and oxygen atoms in total. The van der Waals surface area contributed by atoms with Gasteiger partial charge in [0.1, 0.15) is 0 Å². The highest BCUT2D eigenvalue weighted by molar-refractivity contribution is 6.22. The number of aryl methyl sites for hydroxylation is 2. The monoisotopic (exact) mass is 281 g/mol. The van der Waals surface area contributed by atoms with Gasteiger partial charge in [0, 0.05) is 0 Å². The van der Waals surface area contributed by atoms with Gasteiger partial charge in [0.15, 0.2) is 0 Å². The zero-order valence-corrected chi connectivity index (χ0v) is 12.0. The molecule has 0 radical (unpaired) electrons. The predicted molar refractivity (Wildman–Crippen MR) is 78.8 cm³/mol. The number of carbonyl (C=O) groups excluding carboxylic acids is 2. The molecular weight excluding hydrogens is 262 g/mol. The van der Waals surface area contributed by atoms with Crippen LogP contribution in [0.3, 0.4) is 0 Å². The smallest absolute Gasteiger partial charge is 0.237 e. The molecule has 4 aliphatic rings. The average molecular weight is 281 g/mol. The van der Waals surface area contributed by atoms with Crippen molar-refractivity contribution in [3.05, 3.63) is 29.3 Å². The van der Waals surface area contributed by atoms with E-state index in [1.807, 2.05) is 6.07 Å². The van der Waals surface area contributed by atoms with E-state index in [2.05, 4.69) is 12.1 Å². The molecule has 1 aliphatic heterocycles. The third-order valence-electron chi connectivity index (χ3n) is 6.27. The van der Waals surface area contributed by atoms with Crippen LogP contribution in [0.5, 0.6) is 0 Å². The Hall–Kier alpha value is -1.64. The first-order valence-electron chi connectivity index (χ1n) is 8.23. The van der Waals surface area contributed by atoms with E-state index in [1.165, 1.54) is 22.4 Å². The molecular formula is C18H19NO2. The first-order chi connectivity index (χ1) is 10.2. The molecule has 4 atom stereocenters. The number of hydrogen-bond donors (Lipinski definition) is 0. The number of carbonyl (C=O) groups is 2. The van der Waals surface area contributed by atoms with Gasteiger partial charge >= 0.3 is 0 Å². The minimum Gasteiger partial charge on any atom is -0.274 e. The highest BCUT2D eigenvalue weighted by Crippen LogP contribution is 2.56. The van der Waals surface area contributed by atoms with Crippen molar-refractivity contribution in [1.29, 1.82) is 0 Å². The molecule has 2 bridgehead atoms. The molecule has 0 N–H and O–H groups in total. The second-order valence-electron chi connectivity index (χ2n) is 7.20. The summed E-state index contributed by atoms with van der Waals surface area (Å²) in [7, 11) is 0. The Morgan fingerprint density at radius 2 is 1.57 bits per heavy atom. The van der Waals surface area contributed by atoms with Crippen LogP contribution in [0.25, 0.3) is 0 Å². The largest absolute Gasteiger partial charge is 0.274 e. The predicted octanol–water partition coefficient (Wildman–Crippen LogP) is 2.71. The number of rotatable bonds is 1. The summed E-state index contributed by atoms with van der Waals surface area (Å²) in [6, 6.07) is 6.17. The Morgan fingerprint density at radius 1 is 0.905 bits per heavy atom. The van der Waals surface area contributed by atoms with Crippen LogP contribution in [0, 0.1) is 23.7 Å². The van der Waals surface area contributed by atoms with Gasteiger partial charge in [0.25, 0.3) is 0 Å². The number of amides is 2. The van der Waals surface area contributed by atoms with Gasteiger partial charge < -0.3 is 0 Å². The van der Waals surface area contributed by atoms with Gasteiger partial charge in [-0.3, -0.25) is 14.5 Å². The summed E-state index contributed by atoms with van der Waals surface area (Å²) in [6.45, 7) is 0. The van der Waals surface area contributed by atoms with E-state index in [0.717, 1.165) is 37.8 Å². The van der Waals surface area contributed by atoms with E-state index >= 15 is 0 Å². The summed E-state index contributed by atoms with van der Waals surface area (Å²) in [5.74, 6) is 1.08. The van der Waals surface area contributed by atoms with E-state index in [9.17, 15) is 9.59 Å². The normalized spacial score (nSPS) is 36.5. The van der Waals surface area contributed by atoms with Crippen LogP contribution in [0.15, 0.2) is 18.2 Å². The van der Waals surface area contributed by atoms with Crippen LogP contribution in [-0.2, 0) is 22.4 Å². The summed E-state index contributed by atoms with van der Waals surface area (Å²) in [6.07, 6.45) is 6.79. The second kappa shape index (κ2) is 3.96. The fraction of sp³-hybridized carbons (Fsp3) is 0.556. The SMILES string of the molecule is O=C1[C@@H]2[C@H]3CC[C@@H](C3)[C@@H]2C(=O)N1c1ccc2c(c1)CCC2. The number of nitrogens with zero attached hydrogens (tertiary/aromatic N) is 1. The number of hydrogen-bond acceptors (Lipinski definition) is 2. The summed E-state index contributed by atoms with van der Waals surface area (Å²) in [5.41, 5.74) is 3.53. The molecule has 1 aromatic carbocycles. The van der Waals surface area contributed by atoms with Crippen molar-refractivity contribution >= 4 is 17.5 Å². The third-order valence-corrected chi connectivity index (χ3v) is 6.27. The van der Waals surface area contributed by atoms with Crippen molar-refractivity contribution in [3.63, 3.8) is 0 Å². The minimum atomic E-state index is -0.00972. The molecule has 3 aliphatic carbocycles. The van der Waals surface area contributed by atoms with Gasteiger partial charge in [0.2, 0.25) is 11.8 Å². The Kier molecular flexibility index (Phi) is 2.26. The maximum atomic E-state index is 12.8. The van der Waals surface area contributed by atoms with Crippen molar-refractivity contribution in [1.82, 2.24) is 0 Å². The molecule has 1 heterocycles. The lowest BCUT2D eigenvalue weighted by atomic mass is 9.81. The maximum Gasteiger partial charge on any atom is 0.237 e. The molecule has 108 valence electrons. The van der Waals surface area contributed by atoms with Crippen molar-refractivity contribution < 1.29 is 9.59 Å². The lowest BCUT2D eigenvalue weighted by molar-refractivity contribution is -0.123. The molecule has 0 aromatic heterocycles. The maximum absolute atomic E-state index is 12.8. The quantitative estimate of drug-likeness (QED) is 0.742. The molecule has 2 saturated carbocycles. The van der Waals surface area contributed by atoms with Crippen LogP contribution in [0.2, 0.25) is 0 Å². The van der Waals surface area contributed by atoms with E-state index < -0.39 is 0 Å². The molecule has 0 spiro atoms. The van der Waals surface area contributed by atoms with E-state index in [0.29, 0.717) is 11.8 Å². The van der Waals surface area contributed by atoms with Gasteiger partial charge in [-0.15, -0.1) is 0 Å². The zero-order chi connectivity index (χ0) is 14.1. The second-order valence-corrected chi connectivity index (χ2v) is 7.20. The molecule has 1 saturated heterocycles. The van der Waals surface area contributed by atoms with E-state index in [1.54, 1.807) is 0 Å². The summed E-state index contributed by atoms with van der Waals surface area (Å²) in [5, 5.41) is 0. The van der Waals surface area contributed by atoms with Crippen LogP contribution in [-0.4, -0.2) is 11.8 Å². The summed E-state index contributed by atoms with van der Waals surface area (Å²) < 4.78 is 0. The highest BCUT2D eigenvalue weighted by Gasteiger charge is 2.61. The molecule has 21 heavy (non-hydrogen) atoms. The molecule has 2 amide bonds. The number of anilines is 1. The van der Waals surface area contributed by atoms with Gasteiger partial charge in [-0.2, -0.15) is 0 Å². The number of benzene rings is 1. The van der Waals surface area contributed by atoms with Gasteiger partial charge in [-0.1, -0.05) is 6.07 Å². The van der Waals surface area contributed by atoms with Crippen LogP contribution in [0.4, 0.5) is 5.69 Å². The molecule has 3 heteroatoms. The van der Waals surface area contributed by atoms with Gasteiger partial charge in [-0.25, -0.2) is 0 Å². The molecule has 5 rings (SSSR count). The van der Waals surface area contributed by atoms with Crippen LogP contribution in [0.1, 0.15) is 36.8 Å². The number of imide groups is 1. The lowest BCUT2D eigenvalue weighted by Gasteiger charge is -2.19. The minimum absolute atomic E-state index is 0.00972. The molecule has 0 unspecified atom stereocenters. The average Bonchev–Trinajstić information content (AvgIpc) is 3.22. The fourth-order valence-electron chi connectivity index (χ4n) is 5.36. The lowest BCUT2D eigenvalue weighted by Crippen LogP contribution is -2.32. The van der Waals surface area contributed by atoms with Crippen molar-refractivity contribution in [2.75, 3.05) is 4.90 Å². The fourth-order valence-corrected chi connectivity index (χ4v) is 5.36. The Morgan fingerprint density at radius 3 is 2.29 bits per heavy atom. The van der Waals surface area contributed by atoms with E-state index in [-0.39, 0.29) is 23.7 Å². The van der Waals surface area contributed by atoms with Crippen LogP contribution >= 0.6 is 0 Å².